The smallest absolute Gasteiger partial charge is 0.271 e. The summed E-state index contributed by atoms with van der Waals surface area (Å²) in [6, 6.07) is 19.0. The predicted molar refractivity (Wildman–Crippen MR) is 107 cm³/mol. The number of carbonyl (C=O) groups excluding carboxylic acids is 1. The van der Waals surface area contributed by atoms with E-state index in [0.29, 0.717) is 17.9 Å². The molecule has 0 radical (unpaired) electrons. The Morgan fingerprint density at radius 2 is 1.71 bits per heavy atom. The van der Waals surface area contributed by atoms with Crippen LogP contribution in [0.15, 0.2) is 71.8 Å². The van der Waals surface area contributed by atoms with Gasteiger partial charge in [-0.15, -0.1) is 0 Å². The van der Waals surface area contributed by atoms with E-state index in [1.807, 2.05) is 55.5 Å². The van der Waals surface area contributed by atoms with Gasteiger partial charge in [0.15, 0.2) is 0 Å². The highest BCUT2D eigenvalue weighted by Gasteiger charge is 2.08. The quantitative estimate of drug-likeness (QED) is 0.451. The summed E-state index contributed by atoms with van der Waals surface area (Å²) < 4.78 is 5.91. The van der Waals surface area contributed by atoms with Crippen LogP contribution in [0.3, 0.4) is 0 Å². The van der Waals surface area contributed by atoms with Crippen LogP contribution >= 0.6 is 0 Å². The van der Waals surface area contributed by atoms with E-state index in [-0.39, 0.29) is 17.1 Å². The van der Waals surface area contributed by atoms with Gasteiger partial charge in [-0.2, -0.15) is 5.10 Å². The lowest BCUT2D eigenvalue weighted by molar-refractivity contribution is 0.0954. The molecule has 6 nitrogen and oxygen atoms in total. The highest BCUT2D eigenvalue weighted by molar-refractivity contribution is 5.95. The van der Waals surface area contributed by atoms with Gasteiger partial charge in [0.1, 0.15) is 23.9 Å². The van der Waals surface area contributed by atoms with E-state index < -0.39 is 5.91 Å². The predicted octanol–water partition coefficient (Wildman–Crippen LogP) is 3.75. The number of ether oxygens (including phenoxy) is 1. The molecule has 3 N–H and O–H groups in total. The third-order valence-corrected chi connectivity index (χ3v) is 4.10. The molecule has 28 heavy (non-hydrogen) atoms. The van der Waals surface area contributed by atoms with E-state index in [1.54, 1.807) is 0 Å². The van der Waals surface area contributed by atoms with Crippen LogP contribution in [0.5, 0.6) is 17.2 Å². The Morgan fingerprint density at radius 3 is 2.46 bits per heavy atom. The van der Waals surface area contributed by atoms with E-state index in [1.165, 1.54) is 18.3 Å². The number of benzene rings is 3. The van der Waals surface area contributed by atoms with Gasteiger partial charge in [-0.05, 0) is 42.3 Å². The molecule has 6 heteroatoms. The van der Waals surface area contributed by atoms with Crippen LogP contribution in [0, 0.1) is 6.92 Å². The third kappa shape index (κ3) is 4.88. The number of carbonyl (C=O) groups is 1. The molecule has 0 aliphatic carbocycles. The lowest BCUT2D eigenvalue weighted by Gasteiger charge is -2.10. The van der Waals surface area contributed by atoms with E-state index in [4.69, 9.17) is 4.74 Å². The summed E-state index contributed by atoms with van der Waals surface area (Å²) in [6.45, 7) is 2.45. The minimum Gasteiger partial charge on any atom is -0.508 e. The van der Waals surface area contributed by atoms with Crippen molar-refractivity contribution in [3.63, 3.8) is 0 Å². The SMILES string of the molecule is Cc1ccccc1COc1ccccc1/C=N\NC(=O)c1cc(O)cc(O)c1. The fourth-order valence-corrected chi connectivity index (χ4v) is 2.60. The number of amides is 1. The van der Waals surface area contributed by atoms with E-state index in [2.05, 4.69) is 10.5 Å². The Morgan fingerprint density at radius 1 is 1.04 bits per heavy atom. The zero-order valence-corrected chi connectivity index (χ0v) is 15.3. The fraction of sp³-hybridized carbons (Fsp3) is 0.0909. The normalized spacial score (nSPS) is 10.8. The van der Waals surface area contributed by atoms with Gasteiger partial charge in [-0.3, -0.25) is 4.79 Å². The maximum atomic E-state index is 12.1. The van der Waals surface area contributed by atoms with Crippen LogP contribution in [0.1, 0.15) is 27.0 Å². The first-order valence-corrected chi connectivity index (χ1v) is 8.65. The number of para-hydroxylation sites is 1. The summed E-state index contributed by atoms with van der Waals surface area (Å²) in [7, 11) is 0. The number of aromatic hydroxyl groups is 2. The Hall–Kier alpha value is -3.80. The summed E-state index contributed by atoms with van der Waals surface area (Å²) in [6.07, 6.45) is 1.48. The summed E-state index contributed by atoms with van der Waals surface area (Å²) in [5, 5.41) is 22.9. The van der Waals surface area contributed by atoms with Crippen molar-refractivity contribution >= 4 is 12.1 Å². The molecule has 1 amide bonds. The van der Waals surface area contributed by atoms with Crippen molar-refractivity contribution < 1.29 is 19.7 Å². The maximum absolute atomic E-state index is 12.1. The lowest BCUT2D eigenvalue weighted by atomic mass is 10.1. The maximum Gasteiger partial charge on any atom is 0.271 e. The number of phenolic OH excluding ortho intramolecular Hbond substituents is 2. The molecule has 3 rings (SSSR count). The molecule has 0 aliphatic heterocycles. The molecule has 0 spiro atoms. The molecule has 0 heterocycles. The largest absolute Gasteiger partial charge is 0.508 e. The third-order valence-electron chi connectivity index (χ3n) is 4.10. The zero-order chi connectivity index (χ0) is 19.9. The molecule has 0 unspecified atom stereocenters. The second-order valence-electron chi connectivity index (χ2n) is 6.19. The first-order chi connectivity index (χ1) is 13.5. The molecule has 0 bridgehead atoms. The molecule has 0 saturated carbocycles. The minimum atomic E-state index is -0.555. The summed E-state index contributed by atoms with van der Waals surface area (Å²) in [5.41, 5.74) is 5.40. The molecule has 3 aromatic rings. The standard InChI is InChI=1S/C22H20N2O4/c1-15-6-2-3-8-17(15)14-28-21-9-5-4-7-16(21)13-23-24-22(27)18-10-19(25)12-20(26)11-18/h2-13,25-26H,14H2,1H3,(H,24,27)/b23-13-. The van der Waals surface area contributed by atoms with Gasteiger partial charge in [0.25, 0.3) is 5.91 Å². The van der Waals surface area contributed by atoms with Crippen LogP contribution in [0.25, 0.3) is 0 Å². The van der Waals surface area contributed by atoms with Gasteiger partial charge in [0, 0.05) is 17.2 Å². The summed E-state index contributed by atoms with van der Waals surface area (Å²) >= 11 is 0. The fourth-order valence-electron chi connectivity index (χ4n) is 2.60. The number of hydrogen-bond acceptors (Lipinski definition) is 5. The monoisotopic (exact) mass is 376 g/mol. The number of nitrogens with zero attached hydrogens (tertiary/aromatic N) is 1. The van der Waals surface area contributed by atoms with Crippen molar-refractivity contribution in [3.05, 3.63) is 89.0 Å². The molecule has 0 aromatic heterocycles. The lowest BCUT2D eigenvalue weighted by Crippen LogP contribution is -2.17. The van der Waals surface area contributed by atoms with Gasteiger partial charge in [0.2, 0.25) is 0 Å². The molecular weight excluding hydrogens is 356 g/mol. The van der Waals surface area contributed by atoms with Gasteiger partial charge < -0.3 is 14.9 Å². The zero-order valence-electron chi connectivity index (χ0n) is 15.3. The molecular formula is C22H20N2O4. The number of phenols is 2. The molecule has 3 aromatic carbocycles. The molecule has 0 saturated heterocycles. The van der Waals surface area contributed by atoms with Crippen molar-refractivity contribution in [2.75, 3.05) is 0 Å². The topological polar surface area (TPSA) is 91.2 Å². The molecule has 142 valence electrons. The van der Waals surface area contributed by atoms with Crippen LogP contribution in [0.2, 0.25) is 0 Å². The van der Waals surface area contributed by atoms with Crippen LogP contribution in [-0.4, -0.2) is 22.3 Å². The van der Waals surface area contributed by atoms with Crippen molar-refractivity contribution in [3.8, 4) is 17.2 Å². The second-order valence-corrected chi connectivity index (χ2v) is 6.19. The number of rotatable bonds is 6. The average molecular weight is 376 g/mol. The summed E-state index contributed by atoms with van der Waals surface area (Å²) in [4.78, 5) is 12.1. The van der Waals surface area contributed by atoms with E-state index in [0.717, 1.165) is 17.2 Å². The summed E-state index contributed by atoms with van der Waals surface area (Å²) in [5.74, 6) is -0.326. The van der Waals surface area contributed by atoms with Crippen molar-refractivity contribution in [1.82, 2.24) is 5.43 Å². The highest BCUT2D eigenvalue weighted by atomic mass is 16.5. The molecule has 0 aliphatic rings. The Labute approximate surface area is 162 Å². The van der Waals surface area contributed by atoms with Gasteiger partial charge in [0.05, 0.1) is 6.21 Å². The van der Waals surface area contributed by atoms with Crippen LogP contribution in [0.4, 0.5) is 0 Å². The Kier molecular flexibility index (Phi) is 5.91. The second kappa shape index (κ2) is 8.73. The number of hydrazone groups is 1. The van der Waals surface area contributed by atoms with Gasteiger partial charge in [-0.1, -0.05) is 36.4 Å². The first-order valence-electron chi connectivity index (χ1n) is 8.65. The van der Waals surface area contributed by atoms with Crippen molar-refractivity contribution in [2.45, 2.75) is 13.5 Å². The number of aryl methyl sites for hydroxylation is 1. The van der Waals surface area contributed by atoms with Crippen LogP contribution < -0.4 is 10.2 Å². The first kappa shape index (κ1) is 19.0. The Bertz CT molecular complexity index is 995. The van der Waals surface area contributed by atoms with E-state index >= 15 is 0 Å². The van der Waals surface area contributed by atoms with Crippen LogP contribution in [-0.2, 0) is 6.61 Å². The average Bonchev–Trinajstić information content (AvgIpc) is 2.67. The van der Waals surface area contributed by atoms with Crippen molar-refractivity contribution in [1.29, 1.82) is 0 Å². The molecule has 0 fully saturated rings. The minimum absolute atomic E-state index is 0.0961. The van der Waals surface area contributed by atoms with Gasteiger partial charge in [-0.25, -0.2) is 5.43 Å². The molecule has 0 atom stereocenters. The van der Waals surface area contributed by atoms with Gasteiger partial charge >= 0.3 is 0 Å². The Balaban J connectivity index is 1.67. The highest BCUT2D eigenvalue weighted by Crippen LogP contribution is 2.21. The number of nitrogens with one attached hydrogen (secondary N) is 1. The van der Waals surface area contributed by atoms with Crippen molar-refractivity contribution in [2.24, 2.45) is 5.10 Å². The number of hydrogen-bond donors (Lipinski definition) is 3. The van der Waals surface area contributed by atoms with E-state index in [9.17, 15) is 15.0 Å².